The summed E-state index contributed by atoms with van der Waals surface area (Å²) in [6, 6.07) is 18.5. The summed E-state index contributed by atoms with van der Waals surface area (Å²) in [5.74, 6) is 0.253. The minimum Gasteiger partial charge on any atom is -0.497 e. The molecular weight excluding hydrogens is 394 g/mol. The Hall–Kier alpha value is -3.61. The van der Waals surface area contributed by atoms with Gasteiger partial charge in [-0.25, -0.2) is 4.68 Å². The van der Waals surface area contributed by atoms with Gasteiger partial charge in [-0.1, -0.05) is 51.1 Å². The van der Waals surface area contributed by atoms with E-state index in [0.29, 0.717) is 11.6 Å². The van der Waals surface area contributed by atoms with E-state index >= 15 is 0 Å². The Morgan fingerprint density at radius 2 is 1.77 bits per heavy atom. The van der Waals surface area contributed by atoms with E-state index in [1.54, 1.807) is 36.1 Å². The van der Waals surface area contributed by atoms with E-state index in [1.165, 1.54) is 0 Å². The van der Waals surface area contributed by atoms with Gasteiger partial charge in [0.15, 0.2) is 6.61 Å². The number of ether oxygens (including phenoxy) is 2. The Bertz CT molecular complexity index is 1050. The molecule has 0 atom stereocenters. The fourth-order valence-corrected chi connectivity index (χ4v) is 2.93. The molecule has 2 aromatic carbocycles. The second-order valence-corrected chi connectivity index (χ2v) is 8.15. The van der Waals surface area contributed by atoms with E-state index in [9.17, 15) is 9.59 Å². The highest BCUT2D eigenvalue weighted by atomic mass is 16.5. The van der Waals surface area contributed by atoms with Crippen molar-refractivity contribution in [2.24, 2.45) is 0 Å². The van der Waals surface area contributed by atoms with E-state index in [0.717, 1.165) is 16.9 Å². The maximum Gasteiger partial charge on any atom is 0.310 e. The van der Waals surface area contributed by atoms with Gasteiger partial charge in [0.25, 0.3) is 5.91 Å². The molecule has 7 heteroatoms. The van der Waals surface area contributed by atoms with Crippen LogP contribution in [0.25, 0.3) is 5.69 Å². The highest BCUT2D eigenvalue weighted by molar-refractivity contribution is 5.92. The average Bonchev–Trinajstić information content (AvgIpc) is 3.17. The second kappa shape index (κ2) is 9.47. The third-order valence-electron chi connectivity index (χ3n) is 4.59. The van der Waals surface area contributed by atoms with Gasteiger partial charge in [0, 0.05) is 11.5 Å². The van der Waals surface area contributed by atoms with Gasteiger partial charge in [0.2, 0.25) is 0 Å². The smallest absolute Gasteiger partial charge is 0.310 e. The summed E-state index contributed by atoms with van der Waals surface area (Å²) < 4.78 is 12.0. The predicted octanol–water partition coefficient (Wildman–Crippen LogP) is 3.90. The van der Waals surface area contributed by atoms with Gasteiger partial charge in [-0.05, 0) is 29.8 Å². The lowest BCUT2D eigenvalue weighted by atomic mass is 9.92. The summed E-state index contributed by atoms with van der Waals surface area (Å²) in [6.45, 7) is 5.78. The molecule has 1 aromatic heterocycles. The zero-order chi connectivity index (χ0) is 22.4. The van der Waals surface area contributed by atoms with Crippen molar-refractivity contribution in [1.29, 1.82) is 0 Å². The minimum absolute atomic E-state index is 0.0562. The number of rotatable bonds is 7. The Morgan fingerprint density at radius 3 is 2.45 bits per heavy atom. The first-order chi connectivity index (χ1) is 14.8. The molecule has 1 N–H and O–H groups in total. The molecule has 31 heavy (non-hydrogen) atoms. The number of aromatic nitrogens is 2. The molecule has 0 aliphatic heterocycles. The lowest BCUT2D eigenvalue weighted by Crippen LogP contribution is -2.23. The van der Waals surface area contributed by atoms with Crippen molar-refractivity contribution in [3.8, 4) is 11.4 Å². The van der Waals surface area contributed by atoms with Gasteiger partial charge in [-0.2, -0.15) is 5.10 Å². The largest absolute Gasteiger partial charge is 0.497 e. The summed E-state index contributed by atoms with van der Waals surface area (Å²) >= 11 is 0. The quantitative estimate of drug-likeness (QED) is 0.585. The first kappa shape index (κ1) is 22.1. The SMILES string of the molecule is COc1cccc(CC(=O)OCC(=O)Nc2cc(C(C)(C)C)nn2-c2ccccc2)c1. The number of carbonyl (C=O) groups excluding carboxylic acids is 2. The number of methoxy groups -OCH3 is 1. The van der Waals surface area contributed by atoms with Crippen molar-refractivity contribution in [2.45, 2.75) is 32.6 Å². The lowest BCUT2D eigenvalue weighted by Gasteiger charge is -2.14. The first-order valence-corrected chi connectivity index (χ1v) is 10.0. The summed E-state index contributed by atoms with van der Waals surface area (Å²) in [4.78, 5) is 24.6. The van der Waals surface area contributed by atoms with Gasteiger partial charge in [0.05, 0.1) is 24.9 Å². The molecule has 1 amide bonds. The molecule has 3 rings (SSSR count). The summed E-state index contributed by atoms with van der Waals surface area (Å²) in [5, 5.41) is 7.46. The van der Waals surface area contributed by atoms with E-state index in [-0.39, 0.29) is 18.4 Å². The molecule has 0 aliphatic rings. The third kappa shape index (κ3) is 5.94. The fraction of sp³-hybridized carbons (Fsp3) is 0.292. The Kier molecular flexibility index (Phi) is 6.74. The third-order valence-corrected chi connectivity index (χ3v) is 4.59. The monoisotopic (exact) mass is 421 g/mol. The molecule has 162 valence electrons. The van der Waals surface area contributed by atoms with Crippen LogP contribution in [-0.4, -0.2) is 35.4 Å². The van der Waals surface area contributed by atoms with Crippen molar-refractivity contribution >= 4 is 17.7 Å². The van der Waals surface area contributed by atoms with Crippen LogP contribution in [0, 0.1) is 0 Å². The number of anilines is 1. The number of esters is 1. The van der Waals surface area contributed by atoms with Crippen LogP contribution in [0.4, 0.5) is 5.82 Å². The number of carbonyl (C=O) groups is 2. The molecular formula is C24H27N3O4. The van der Waals surface area contributed by atoms with Crippen LogP contribution in [-0.2, 0) is 26.2 Å². The van der Waals surface area contributed by atoms with Crippen molar-refractivity contribution < 1.29 is 19.1 Å². The van der Waals surface area contributed by atoms with Crippen LogP contribution < -0.4 is 10.1 Å². The molecule has 1 heterocycles. The van der Waals surface area contributed by atoms with Crippen molar-refractivity contribution in [1.82, 2.24) is 9.78 Å². The van der Waals surface area contributed by atoms with Gasteiger partial charge >= 0.3 is 5.97 Å². The molecule has 0 saturated heterocycles. The molecule has 0 fully saturated rings. The number of hydrogen-bond donors (Lipinski definition) is 1. The fourth-order valence-electron chi connectivity index (χ4n) is 2.93. The van der Waals surface area contributed by atoms with Gasteiger partial charge in [-0.15, -0.1) is 0 Å². The molecule has 0 aliphatic carbocycles. The molecule has 0 spiro atoms. The Balaban J connectivity index is 1.65. The zero-order valence-electron chi connectivity index (χ0n) is 18.2. The highest BCUT2D eigenvalue weighted by Crippen LogP contribution is 2.26. The number of para-hydroxylation sites is 1. The van der Waals surface area contributed by atoms with E-state index in [1.807, 2.05) is 36.4 Å². The average molecular weight is 421 g/mol. The van der Waals surface area contributed by atoms with Crippen LogP contribution in [0.5, 0.6) is 5.75 Å². The van der Waals surface area contributed by atoms with Crippen LogP contribution in [0.2, 0.25) is 0 Å². The standard InChI is InChI=1S/C24H27N3O4/c1-24(2,3)20-15-21(27(26-20)18-10-6-5-7-11-18)25-22(28)16-31-23(29)14-17-9-8-12-19(13-17)30-4/h5-13,15H,14,16H2,1-4H3,(H,25,28). The van der Waals surface area contributed by atoms with E-state index in [4.69, 9.17) is 9.47 Å². The summed E-state index contributed by atoms with van der Waals surface area (Å²) in [5.41, 5.74) is 2.22. The number of amides is 1. The van der Waals surface area contributed by atoms with E-state index in [2.05, 4.69) is 31.2 Å². The Morgan fingerprint density at radius 1 is 1.03 bits per heavy atom. The summed E-state index contributed by atoms with van der Waals surface area (Å²) in [7, 11) is 1.56. The zero-order valence-corrected chi connectivity index (χ0v) is 18.2. The van der Waals surface area contributed by atoms with Crippen molar-refractivity contribution in [3.05, 3.63) is 71.9 Å². The van der Waals surface area contributed by atoms with Crippen molar-refractivity contribution in [3.63, 3.8) is 0 Å². The lowest BCUT2D eigenvalue weighted by molar-refractivity contribution is -0.146. The molecule has 0 radical (unpaired) electrons. The predicted molar refractivity (Wildman–Crippen MR) is 119 cm³/mol. The second-order valence-electron chi connectivity index (χ2n) is 8.15. The van der Waals surface area contributed by atoms with E-state index < -0.39 is 11.9 Å². The van der Waals surface area contributed by atoms with Crippen LogP contribution in [0.15, 0.2) is 60.7 Å². The molecule has 0 bridgehead atoms. The van der Waals surface area contributed by atoms with Crippen LogP contribution in [0.3, 0.4) is 0 Å². The van der Waals surface area contributed by atoms with Gasteiger partial charge in [0.1, 0.15) is 11.6 Å². The molecule has 0 saturated carbocycles. The van der Waals surface area contributed by atoms with Crippen LogP contribution >= 0.6 is 0 Å². The van der Waals surface area contributed by atoms with Gasteiger partial charge in [-0.3, -0.25) is 9.59 Å². The Labute approximate surface area is 182 Å². The molecule has 0 unspecified atom stereocenters. The highest BCUT2D eigenvalue weighted by Gasteiger charge is 2.21. The first-order valence-electron chi connectivity index (χ1n) is 10.0. The maximum absolute atomic E-state index is 12.5. The van der Waals surface area contributed by atoms with Gasteiger partial charge < -0.3 is 14.8 Å². The number of hydrogen-bond acceptors (Lipinski definition) is 5. The maximum atomic E-state index is 12.5. The summed E-state index contributed by atoms with van der Waals surface area (Å²) in [6.07, 6.45) is 0.0562. The molecule has 3 aromatic rings. The normalized spacial score (nSPS) is 11.1. The molecule has 7 nitrogen and oxygen atoms in total. The number of nitrogens with zero attached hydrogens (tertiary/aromatic N) is 2. The van der Waals surface area contributed by atoms with Crippen molar-refractivity contribution in [2.75, 3.05) is 19.0 Å². The number of benzene rings is 2. The number of nitrogens with one attached hydrogen (secondary N) is 1. The minimum atomic E-state index is -0.490. The van der Waals surface area contributed by atoms with Crippen LogP contribution in [0.1, 0.15) is 32.0 Å². The topological polar surface area (TPSA) is 82.4 Å².